The Morgan fingerprint density at radius 1 is 0.370 bits per heavy atom. The highest BCUT2D eigenvalue weighted by Gasteiger charge is 2.20. The molecule has 0 rings (SSSR count). The molecule has 0 fully saturated rings. The summed E-state index contributed by atoms with van der Waals surface area (Å²) in [5.41, 5.74) is 0. The number of unbranched alkanes of at least 4 members (excludes halogenated alkanes) is 47. The lowest BCUT2D eigenvalue weighted by Crippen LogP contribution is -2.45. The van der Waals surface area contributed by atoms with E-state index in [9.17, 15) is 19.8 Å². The minimum absolute atomic E-state index is 0.0135. The Morgan fingerprint density at radius 3 is 0.973 bits per heavy atom. The van der Waals surface area contributed by atoms with Crippen molar-refractivity contribution in [3.05, 3.63) is 24.3 Å². The summed E-state index contributed by atoms with van der Waals surface area (Å²) in [5.74, 6) is -0.0209. The zero-order valence-electron chi connectivity index (χ0n) is 49.4. The smallest absolute Gasteiger partial charge is 0.305 e. The van der Waals surface area contributed by atoms with Gasteiger partial charge in [-0.05, 0) is 77.0 Å². The van der Waals surface area contributed by atoms with E-state index in [1.54, 1.807) is 0 Å². The van der Waals surface area contributed by atoms with Crippen molar-refractivity contribution in [2.24, 2.45) is 0 Å². The van der Waals surface area contributed by atoms with Crippen LogP contribution >= 0.6 is 0 Å². The molecule has 0 saturated heterocycles. The summed E-state index contributed by atoms with van der Waals surface area (Å²) in [4.78, 5) is 24.5. The molecule has 73 heavy (non-hydrogen) atoms. The van der Waals surface area contributed by atoms with Crippen LogP contribution in [0, 0.1) is 0 Å². The van der Waals surface area contributed by atoms with Crippen LogP contribution in [0.4, 0.5) is 0 Å². The molecule has 1 amide bonds. The highest BCUT2D eigenvalue weighted by atomic mass is 16.5. The third kappa shape index (κ3) is 59.4. The molecule has 0 aromatic carbocycles. The van der Waals surface area contributed by atoms with Gasteiger partial charge in [0.1, 0.15) is 0 Å². The maximum Gasteiger partial charge on any atom is 0.305 e. The zero-order valence-corrected chi connectivity index (χ0v) is 49.4. The normalized spacial score (nSPS) is 12.7. The number of allylic oxidation sites excluding steroid dienone is 4. The van der Waals surface area contributed by atoms with Gasteiger partial charge in [0.15, 0.2) is 0 Å². The second-order valence-electron chi connectivity index (χ2n) is 22.8. The van der Waals surface area contributed by atoms with Gasteiger partial charge in [-0.25, -0.2) is 0 Å². The average Bonchev–Trinajstić information content (AvgIpc) is 3.39. The van der Waals surface area contributed by atoms with Crippen LogP contribution < -0.4 is 5.32 Å². The first kappa shape index (κ1) is 71.3. The van der Waals surface area contributed by atoms with Crippen molar-refractivity contribution in [2.75, 3.05) is 13.2 Å². The summed E-state index contributed by atoms with van der Waals surface area (Å²) >= 11 is 0. The summed E-state index contributed by atoms with van der Waals surface area (Å²) < 4.78 is 5.50. The molecule has 0 spiro atoms. The number of aliphatic hydroxyl groups excluding tert-OH is 2. The van der Waals surface area contributed by atoms with E-state index < -0.39 is 12.1 Å². The van der Waals surface area contributed by atoms with Crippen molar-refractivity contribution in [1.82, 2.24) is 5.32 Å². The Balaban J connectivity index is 3.33. The van der Waals surface area contributed by atoms with Gasteiger partial charge in [-0.3, -0.25) is 9.59 Å². The second-order valence-corrected chi connectivity index (χ2v) is 22.8. The lowest BCUT2D eigenvalue weighted by molar-refractivity contribution is -0.143. The van der Waals surface area contributed by atoms with Crippen molar-refractivity contribution in [3.8, 4) is 0 Å². The quantitative estimate of drug-likeness (QED) is 0.0320. The van der Waals surface area contributed by atoms with E-state index in [0.29, 0.717) is 25.9 Å². The molecule has 0 bridgehead atoms. The maximum atomic E-state index is 12.4. The maximum absolute atomic E-state index is 12.4. The number of hydrogen-bond acceptors (Lipinski definition) is 5. The van der Waals surface area contributed by atoms with Crippen LogP contribution in [0.2, 0.25) is 0 Å². The fraction of sp³-hybridized carbons (Fsp3) is 0.910. The van der Waals surface area contributed by atoms with Gasteiger partial charge in [-0.15, -0.1) is 0 Å². The molecule has 0 aromatic rings. The molecule has 6 heteroatoms. The Labute approximate surface area is 456 Å². The Kier molecular flexibility index (Phi) is 61.4. The van der Waals surface area contributed by atoms with E-state index in [4.69, 9.17) is 4.74 Å². The van der Waals surface area contributed by atoms with Gasteiger partial charge >= 0.3 is 5.97 Å². The van der Waals surface area contributed by atoms with Crippen molar-refractivity contribution in [3.63, 3.8) is 0 Å². The first-order chi connectivity index (χ1) is 36.0. The molecule has 6 nitrogen and oxygen atoms in total. The van der Waals surface area contributed by atoms with Crippen molar-refractivity contribution in [1.29, 1.82) is 0 Å². The summed E-state index contributed by atoms with van der Waals surface area (Å²) in [6, 6.07) is -0.539. The highest BCUT2D eigenvalue weighted by molar-refractivity contribution is 5.76. The van der Waals surface area contributed by atoms with E-state index in [1.807, 2.05) is 0 Å². The van der Waals surface area contributed by atoms with Gasteiger partial charge in [0.2, 0.25) is 5.91 Å². The third-order valence-electron chi connectivity index (χ3n) is 15.5. The third-order valence-corrected chi connectivity index (χ3v) is 15.5. The van der Waals surface area contributed by atoms with Crippen LogP contribution in [0.1, 0.15) is 367 Å². The number of esters is 1. The molecule has 2 unspecified atom stereocenters. The van der Waals surface area contributed by atoms with Gasteiger partial charge in [0.25, 0.3) is 0 Å². The first-order valence-electron chi connectivity index (χ1n) is 33.1. The molecule has 0 heterocycles. The number of hydrogen-bond donors (Lipinski definition) is 3. The van der Waals surface area contributed by atoms with E-state index >= 15 is 0 Å². The monoisotopic (exact) mass is 1030 g/mol. The number of carbonyl (C=O) groups excluding carboxylic acids is 2. The minimum Gasteiger partial charge on any atom is -0.466 e. The summed E-state index contributed by atoms with van der Waals surface area (Å²) in [7, 11) is 0. The largest absolute Gasteiger partial charge is 0.466 e. The van der Waals surface area contributed by atoms with Crippen molar-refractivity contribution >= 4 is 11.9 Å². The lowest BCUT2D eigenvalue weighted by atomic mass is 10.0. The molecule has 0 saturated carbocycles. The topological polar surface area (TPSA) is 95.9 Å². The second kappa shape index (κ2) is 62.9. The molecular formula is C67H129NO5. The van der Waals surface area contributed by atoms with Crippen LogP contribution in [0.3, 0.4) is 0 Å². The van der Waals surface area contributed by atoms with Crippen molar-refractivity contribution in [2.45, 2.75) is 379 Å². The molecule has 0 aromatic heterocycles. The lowest BCUT2D eigenvalue weighted by Gasteiger charge is -2.22. The van der Waals surface area contributed by atoms with Gasteiger partial charge in [0.05, 0.1) is 25.4 Å². The fourth-order valence-corrected chi connectivity index (χ4v) is 10.4. The molecule has 432 valence electrons. The van der Waals surface area contributed by atoms with Gasteiger partial charge < -0.3 is 20.3 Å². The van der Waals surface area contributed by atoms with Gasteiger partial charge in [0, 0.05) is 12.8 Å². The van der Waals surface area contributed by atoms with Crippen LogP contribution in [0.25, 0.3) is 0 Å². The molecule has 3 N–H and O–H groups in total. The number of amides is 1. The van der Waals surface area contributed by atoms with E-state index in [0.717, 1.165) is 44.9 Å². The van der Waals surface area contributed by atoms with Crippen LogP contribution in [0.15, 0.2) is 24.3 Å². The standard InChI is InChI=1S/C67H129NO5/c1-3-5-7-9-11-13-15-16-17-31-35-38-41-45-49-53-57-61-67(72)73-62-58-54-50-46-42-39-36-33-30-28-26-24-22-20-18-19-21-23-25-27-29-32-34-37-40-44-48-52-56-60-66(71)68-64(63-69)65(70)59-55-51-47-43-14-12-10-8-6-4-2/h16-18,20,64-65,69-70H,3-15,19,21-63H2,1-2H3,(H,68,71)/b17-16-,20-18-. The SMILES string of the molecule is CCCCCCCC/C=C\CCCCCCCCCC(=O)OCCCCCCCCCCCCCC/C=C\CCCCCCCCCCCCCCCC(=O)NC(CO)C(O)CCCCCCCCCCCC. The summed E-state index contributed by atoms with van der Waals surface area (Å²) in [6.07, 6.45) is 77.9. The minimum atomic E-state index is -0.661. The van der Waals surface area contributed by atoms with Crippen molar-refractivity contribution < 1.29 is 24.5 Å². The number of nitrogens with one attached hydrogen (secondary N) is 1. The van der Waals surface area contributed by atoms with E-state index in [-0.39, 0.29) is 18.5 Å². The number of carbonyl (C=O) groups is 2. The summed E-state index contributed by atoms with van der Waals surface area (Å²) in [5, 5.41) is 23.2. The van der Waals surface area contributed by atoms with E-state index in [1.165, 1.54) is 289 Å². The average molecular weight is 1030 g/mol. The molecule has 0 aliphatic heterocycles. The Morgan fingerprint density at radius 2 is 0.644 bits per heavy atom. The fourth-order valence-electron chi connectivity index (χ4n) is 10.4. The molecule has 2 atom stereocenters. The molecule has 0 radical (unpaired) electrons. The van der Waals surface area contributed by atoms with Crippen LogP contribution in [0.5, 0.6) is 0 Å². The Bertz CT molecular complexity index is 1140. The van der Waals surface area contributed by atoms with Crippen LogP contribution in [-0.4, -0.2) is 47.4 Å². The van der Waals surface area contributed by atoms with Gasteiger partial charge in [-0.2, -0.15) is 0 Å². The number of aliphatic hydroxyl groups is 2. The first-order valence-corrected chi connectivity index (χ1v) is 33.1. The highest BCUT2D eigenvalue weighted by Crippen LogP contribution is 2.18. The number of rotatable bonds is 62. The zero-order chi connectivity index (χ0) is 52.9. The molecular weight excluding hydrogens is 899 g/mol. The Hall–Kier alpha value is -1.66. The number of ether oxygens (including phenoxy) is 1. The predicted molar refractivity (Wildman–Crippen MR) is 320 cm³/mol. The van der Waals surface area contributed by atoms with Gasteiger partial charge in [-0.1, -0.05) is 301 Å². The van der Waals surface area contributed by atoms with Crippen LogP contribution in [-0.2, 0) is 14.3 Å². The predicted octanol–water partition coefficient (Wildman–Crippen LogP) is 21.0. The van der Waals surface area contributed by atoms with E-state index in [2.05, 4.69) is 43.5 Å². The molecule has 0 aliphatic rings. The molecule has 0 aliphatic carbocycles. The summed E-state index contributed by atoms with van der Waals surface area (Å²) in [6.45, 7) is 4.95.